The Bertz CT molecular complexity index is 3510. The molecule has 0 fully saturated rings. The molecule has 0 aliphatic rings. The number of furan rings is 2. The van der Waals surface area contributed by atoms with E-state index in [1.165, 1.54) is 10.8 Å². The summed E-state index contributed by atoms with van der Waals surface area (Å²) in [5, 5.41) is 6.76. The summed E-state index contributed by atoms with van der Waals surface area (Å²) in [6.45, 7) is 0. The normalized spacial score (nSPS) is 11.9. The van der Waals surface area contributed by atoms with Crippen LogP contribution in [0.2, 0.25) is 0 Å². The maximum atomic E-state index is 6.48. The molecule has 0 aliphatic carbocycles. The van der Waals surface area contributed by atoms with Crippen molar-refractivity contribution in [3.05, 3.63) is 182 Å². The molecule has 12 aromatic rings. The standard InChI is InChI=1S/C51H30N4O2/c1-3-12-31(13-4-1)36-18-11-21-45-48(36)39-27-24-34(28-46(39)57-45)51-53-49(32-14-5-2-6-15-32)52-50(54-51)33-22-25-35(26-23-33)55-42-19-9-7-16-37(42)40-29-41-38-17-8-10-20-44(38)56-47(41)30-43(40)55/h1-30H. The smallest absolute Gasteiger partial charge is 0.164 e. The van der Waals surface area contributed by atoms with Crippen LogP contribution in [0.4, 0.5) is 0 Å². The summed E-state index contributed by atoms with van der Waals surface area (Å²) in [6, 6.07) is 62.7. The van der Waals surface area contributed by atoms with Gasteiger partial charge in [0.15, 0.2) is 17.5 Å². The highest BCUT2D eigenvalue weighted by Crippen LogP contribution is 2.40. The molecule has 0 aliphatic heterocycles. The molecular weight excluding hydrogens is 701 g/mol. The zero-order valence-electron chi connectivity index (χ0n) is 30.4. The van der Waals surface area contributed by atoms with Crippen LogP contribution in [0.15, 0.2) is 191 Å². The van der Waals surface area contributed by atoms with Gasteiger partial charge < -0.3 is 13.4 Å². The molecule has 57 heavy (non-hydrogen) atoms. The van der Waals surface area contributed by atoms with Crippen LogP contribution in [0.3, 0.4) is 0 Å². The quantitative estimate of drug-likeness (QED) is 0.176. The van der Waals surface area contributed by atoms with E-state index in [4.69, 9.17) is 23.8 Å². The molecule has 0 N–H and O–H groups in total. The second-order valence-electron chi connectivity index (χ2n) is 14.4. The molecule has 266 valence electrons. The summed E-state index contributed by atoms with van der Waals surface area (Å²) in [6.07, 6.45) is 0. The number of nitrogens with zero attached hydrogens (tertiary/aromatic N) is 4. The average Bonchev–Trinajstić information content (AvgIpc) is 3.95. The van der Waals surface area contributed by atoms with E-state index in [-0.39, 0.29) is 0 Å². The lowest BCUT2D eigenvalue weighted by molar-refractivity contribution is 0.669. The number of aromatic nitrogens is 4. The van der Waals surface area contributed by atoms with Crippen LogP contribution in [0.5, 0.6) is 0 Å². The lowest BCUT2D eigenvalue weighted by Gasteiger charge is -2.11. The number of benzene rings is 8. The predicted molar refractivity (Wildman–Crippen MR) is 230 cm³/mol. The summed E-state index contributed by atoms with van der Waals surface area (Å²) in [5.41, 5.74) is 11.6. The van der Waals surface area contributed by atoms with Crippen molar-refractivity contribution in [2.24, 2.45) is 0 Å². The summed E-state index contributed by atoms with van der Waals surface area (Å²) < 4.78 is 15.1. The molecule has 0 saturated heterocycles. The monoisotopic (exact) mass is 730 g/mol. The second kappa shape index (κ2) is 12.3. The summed E-state index contributed by atoms with van der Waals surface area (Å²) in [4.78, 5) is 15.1. The van der Waals surface area contributed by atoms with E-state index in [2.05, 4.69) is 120 Å². The van der Waals surface area contributed by atoms with E-state index in [9.17, 15) is 0 Å². The van der Waals surface area contributed by atoms with Gasteiger partial charge >= 0.3 is 0 Å². The zero-order chi connectivity index (χ0) is 37.5. The Hall–Kier alpha value is -7.83. The lowest BCUT2D eigenvalue weighted by Crippen LogP contribution is -2.00. The Balaban J connectivity index is 0.987. The van der Waals surface area contributed by atoms with Crippen LogP contribution in [-0.2, 0) is 0 Å². The van der Waals surface area contributed by atoms with Crippen LogP contribution in [0.25, 0.3) is 117 Å². The molecule has 0 atom stereocenters. The highest BCUT2D eigenvalue weighted by molar-refractivity contribution is 6.17. The number of hydrogen-bond acceptors (Lipinski definition) is 5. The summed E-state index contributed by atoms with van der Waals surface area (Å²) in [5.74, 6) is 1.77. The molecule has 0 bridgehead atoms. The van der Waals surface area contributed by atoms with Gasteiger partial charge in [0.05, 0.1) is 11.0 Å². The van der Waals surface area contributed by atoms with Gasteiger partial charge in [0.2, 0.25) is 0 Å². The molecule has 0 radical (unpaired) electrons. The largest absolute Gasteiger partial charge is 0.456 e. The van der Waals surface area contributed by atoms with Gasteiger partial charge in [0.25, 0.3) is 0 Å². The molecule has 0 spiro atoms. The Morgan fingerprint density at radius 3 is 1.72 bits per heavy atom. The molecule has 0 amide bonds. The maximum Gasteiger partial charge on any atom is 0.164 e. The molecule has 0 saturated carbocycles. The van der Waals surface area contributed by atoms with Crippen LogP contribution in [-0.4, -0.2) is 19.5 Å². The Morgan fingerprint density at radius 1 is 0.333 bits per heavy atom. The number of rotatable bonds is 5. The van der Waals surface area contributed by atoms with Gasteiger partial charge in [0, 0.05) is 60.8 Å². The van der Waals surface area contributed by atoms with Crippen LogP contribution in [0, 0.1) is 0 Å². The van der Waals surface area contributed by atoms with Crippen molar-refractivity contribution < 1.29 is 8.83 Å². The minimum absolute atomic E-state index is 0.575. The first-order valence-electron chi connectivity index (χ1n) is 19.0. The third kappa shape index (κ3) is 5.01. The summed E-state index contributed by atoms with van der Waals surface area (Å²) in [7, 11) is 0. The van der Waals surface area contributed by atoms with E-state index in [1.807, 2.05) is 66.7 Å². The topological polar surface area (TPSA) is 69.9 Å². The van der Waals surface area contributed by atoms with Crippen LogP contribution in [0.1, 0.15) is 0 Å². The first-order valence-corrected chi connectivity index (χ1v) is 19.0. The van der Waals surface area contributed by atoms with Gasteiger partial charge in [-0.2, -0.15) is 0 Å². The summed E-state index contributed by atoms with van der Waals surface area (Å²) >= 11 is 0. The predicted octanol–water partition coefficient (Wildman–Crippen LogP) is 13.4. The fraction of sp³-hybridized carbons (Fsp3) is 0. The van der Waals surface area contributed by atoms with E-state index in [0.717, 1.165) is 88.4 Å². The number of para-hydroxylation sites is 2. The van der Waals surface area contributed by atoms with Gasteiger partial charge in [-0.25, -0.2) is 15.0 Å². The van der Waals surface area contributed by atoms with Crippen molar-refractivity contribution in [2.45, 2.75) is 0 Å². The third-order valence-electron chi connectivity index (χ3n) is 11.1. The molecule has 4 aromatic heterocycles. The van der Waals surface area contributed by atoms with E-state index >= 15 is 0 Å². The molecule has 4 heterocycles. The molecular formula is C51H30N4O2. The molecule has 6 nitrogen and oxygen atoms in total. The number of hydrogen-bond donors (Lipinski definition) is 0. The van der Waals surface area contributed by atoms with Crippen molar-refractivity contribution in [1.82, 2.24) is 19.5 Å². The molecule has 6 heteroatoms. The highest BCUT2D eigenvalue weighted by Gasteiger charge is 2.19. The highest BCUT2D eigenvalue weighted by atomic mass is 16.3. The fourth-order valence-electron chi connectivity index (χ4n) is 8.40. The van der Waals surface area contributed by atoms with Gasteiger partial charge in [-0.3, -0.25) is 0 Å². The van der Waals surface area contributed by atoms with E-state index in [1.54, 1.807) is 0 Å². The van der Waals surface area contributed by atoms with E-state index < -0.39 is 0 Å². The van der Waals surface area contributed by atoms with E-state index in [0.29, 0.717) is 17.5 Å². The van der Waals surface area contributed by atoms with Crippen molar-refractivity contribution in [3.63, 3.8) is 0 Å². The van der Waals surface area contributed by atoms with Crippen molar-refractivity contribution in [3.8, 4) is 51.0 Å². The van der Waals surface area contributed by atoms with Gasteiger partial charge in [-0.15, -0.1) is 0 Å². The van der Waals surface area contributed by atoms with Crippen LogP contribution >= 0.6 is 0 Å². The Kier molecular flexibility index (Phi) is 6.83. The third-order valence-corrected chi connectivity index (χ3v) is 11.1. The maximum absolute atomic E-state index is 6.48. The van der Waals surface area contributed by atoms with Gasteiger partial charge in [-0.05, 0) is 71.8 Å². The fourth-order valence-corrected chi connectivity index (χ4v) is 8.40. The van der Waals surface area contributed by atoms with Gasteiger partial charge in [0.1, 0.15) is 22.3 Å². The van der Waals surface area contributed by atoms with Crippen LogP contribution < -0.4 is 0 Å². The van der Waals surface area contributed by atoms with Crippen molar-refractivity contribution in [1.29, 1.82) is 0 Å². The SMILES string of the molecule is c1ccc(-c2nc(-c3ccc(-n4c5ccccc5c5cc6c(cc54)oc4ccccc46)cc3)nc(-c3ccc4c(c3)oc3cccc(-c5ccccc5)c34)n2)cc1. The molecule has 12 rings (SSSR count). The van der Waals surface area contributed by atoms with Gasteiger partial charge in [-0.1, -0.05) is 115 Å². The Labute approximate surface area is 325 Å². The first-order chi connectivity index (χ1) is 28.2. The average molecular weight is 731 g/mol. The second-order valence-corrected chi connectivity index (χ2v) is 14.4. The minimum Gasteiger partial charge on any atom is -0.456 e. The molecule has 0 unspecified atom stereocenters. The van der Waals surface area contributed by atoms with Crippen molar-refractivity contribution >= 4 is 65.7 Å². The van der Waals surface area contributed by atoms with Crippen molar-refractivity contribution in [2.75, 3.05) is 0 Å². The number of fused-ring (bicyclic) bond motifs is 9. The lowest BCUT2D eigenvalue weighted by atomic mass is 9.99. The minimum atomic E-state index is 0.575. The zero-order valence-corrected chi connectivity index (χ0v) is 30.4. The Morgan fingerprint density at radius 2 is 0.930 bits per heavy atom. The first kappa shape index (κ1) is 31.5. The molecule has 8 aromatic carbocycles.